The number of nitro benzene ring substituents is 1. The SMILES string of the molecule is O=C(Cc1cn(-c2ccccc2)nc1-c1ccc([N+](=O)[O-])cc1)NN1CCCCC1. The molecule has 1 aliphatic rings. The Morgan fingerprint density at radius 3 is 2.40 bits per heavy atom. The maximum Gasteiger partial charge on any atom is 0.269 e. The van der Waals surface area contributed by atoms with E-state index in [1.165, 1.54) is 18.6 Å². The van der Waals surface area contributed by atoms with Crippen LogP contribution in [0.3, 0.4) is 0 Å². The van der Waals surface area contributed by atoms with E-state index in [1.54, 1.807) is 16.8 Å². The Morgan fingerprint density at radius 2 is 1.73 bits per heavy atom. The van der Waals surface area contributed by atoms with E-state index in [9.17, 15) is 14.9 Å². The molecule has 0 bridgehead atoms. The van der Waals surface area contributed by atoms with Crippen LogP contribution in [0.15, 0.2) is 60.8 Å². The molecule has 154 valence electrons. The van der Waals surface area contributed by atoms with E-state index in [1.807, 2.05) is 41.5 Å². The number of aromatic nitrogens is 2. The largest absolute Gasteiger partial charge is 0.289 e. The van der Waals surface area contributed by atoms with Gasteiger partial charge < -0.3 is 0 Å². The molecule has 8 nitrogen and oxygen atoms in total. The Balaban J connectivity index is 1.62. The maximum atomic E-state index is 12.7. The average molecular weight is 405 g/mol. The van der Waals surface area contributed by atoms with Crippen LogP contribution in [0.4, 0.5) is 5.69 Å². The molecular formula is C22H23N5O3. The van der Waals surface area contributed by atoms with Crippen LogP contribution in [-0.4, -0.2) is 38.7 Å². The molecule has 1 amide bonds. The second-order valence-corrected chi connectivity index (χ2v) is 7.35. The topological polar surface area (TPSA) is 93.3 Å². The van der Waals surface area contributed by atoms with Gasteiger partial charge in [-0.3, -0.25) is 20.3 Å². The molecule has 3 aromatic rings. The van der Waals surface area contributed by atoms with Crippen LogP contribution in [0.25, 0.3) is 16.9 Å². The van der Waals surface area contributed by atoms with E-state index >= 15 is 0 Å². The van der Waals surface area contributed by atoms with Crippen LogP contribution in [0, 0.1) is 10.1 Å². The molecule has 1 fully saturated rings. The zero-order valence-corrected chi connectivity index (χ0v) is 16.5. The molecule has 0 atom stereocenters. The zero-order chi connectivity index (χ0) is 20.9. The van der Waals surface area contributed by atoms with Crippen molar-refractivity contribution in [1.29, 1.82) is 0 Å². The number of hydrazine groups is 1. The quantitative estimate of drug-likeness (QED) is 0.500. The predicted molar refractivity (Wildman–Crippen MR) is 113 cm³/mol. The standard InChI is InChI=1S/C22H23N5O3/c28-21(23-25-13-5-2-6-14-25)15-18-16-26(19-7-3-1-4-8-19)24-22(18)17-9-11-20(12-10-17)27(29)30/h1,3-4,7-12,16H,2,5-6,13-15H2,(H,23,28). The second-order valence-electron chi connectivity index (χ2n) is 7.35. The highest BCUT2D eigenvalue weighted by molar-refractivity contribution is 5.81. The van der Waals surface area contributed by atoms with Gasteiger partial charge in [-0.2, -0.15) is 5.10 Å². The molecule has 1 aliphatic heterocycles. The van der Waals surface area contributed by atoms with Gasteiger partial charge in [0.1, 0.15) is 0 Å². The lowest BCUT2D eigenvalue weighted by Crippen LogP contribution is -2.45. The van der Waals surface area contributed by atoms with Gasteiger partial charge in [0.05, 0.1) is 22.7 Å². The number of hydrogen-bond donors (Lipinski definition) is 1. The normalized spacial score (nSPS) is 14.4. The molecular weight excluding hydrogens is 382 g/mol. The summed E-state index contributed by atoms with van der Waals surface area (Å²) >= 11 is 0. The molecule has 0 radical (unpaired) electrons. The Bertz CT molecular complexity index is 1020. The minimum absolute atomic E-state index is 0.0191. The summed E-state index contributed by atoms with van der Waals surface area (Å²) in [6, 6.07) is 15.9. The highest BCUT2D eigenvalue weighted by Crippen LogP contribution is 2.26. The first-order valence-corrected chi connectivity index (χ1v) is 10.0. The van der Waals surface area contributed by atoms with Crippen LogP contribution in [0.1, 0.15) is 24.8 Å². The first kappa shape index (κ1) is 19.8. The summed E-state index contributed by atoms with van der Waals surface area (Å²) < 4.78 is 1.74. The van der Waals surface area contributed by atoms with Crippen molar-refractivity contribution < 1.29 is 9.72 Å². The number of nitrogens with zero attached hydrogens (tertiary/aromatic N) is 4. The smallest absolute Gasteiger partial charge is 0.269 e. The van der Waals surface area contributed by atoms with Gasteiger partial charge in [0.2, 0.25) is 5.91 Å². The lowest BCUT2D eigenvalue weighted by atomic mass is 10.1. The number of non-ortho nitro benzene ring substituents is 1. The first-order chi connectivity index (χ1) is 14.6. The van der Waals surface area contributed by atoms with Crippen molar-refractivity contribution in [2.45, 2.75) is 25.7 Å². The minimum Gasteiger partial charge on any atom is -0.289 e. The fourth-order valence-electron chi connectivity index (χ4n) is 3.63. The van der Waals surface area contributed by atoms with Gasteiger partial charge >= 0.3 is 0 Å². The van der Waals surface area contributed by atoms with Crippen molar-refractivity contribution in [3.05, 3.63) is 76.5 Å². The van der Waals surface area contributed by atoms with Crippen LogP contribution in [-0.2, 0) is 11.2 Å². The number of hydrogen-bond acceptors (Lipinski definition) is 5. The second kappa shape index (κ2) is 8.87. The van der Waals surface area contributed by atoms with Gasteiger partial charge in [-0.25, -0.2) is 9.69 Å². The third-order valence-electron chi connectivity index (χ3n) is 5.15. The highest BCUT2D eigenvalue weighted by Gasteiger charge is 2.18. The van der Waals surface area contributed by atoms with E-state index in [2.05, 4.69) is 10.5 Å². The zero-order valence-electron chi connectivity index (χ0n) is 16.5. The summed E-state index contributed by atoms with van der Waals surface area (Å²) in [4.78, 5) is 23.2. The Morgan fingerprint density at radius 1 is 1.03 bits per heavy atom. The maximum absolute atomic E-state index is 12.7. The van der Waals surface area contributed by atoms with Crippen molar-refractivity contribution in [3.8, 4) is 16.9 Å². The van der Waals surface area contributed by atoms with Gasteiger partial charge in [0.25, 0.3) is 5.69 Å². The number of carbonyl (C=O) groups excluding carboxylic acids is 1. The molecule has 0 aliphatic carbocycles. The Kier molecular flexibility index (Phi) is 5.85. The Labute approximate surface area is 174 Å². The van der Waals surface area contributed by atoms with Crippen molar-refractivity contribution in [1.82, 2.24) is 20.2 Å². The monoisotopic (exact) mass is 405 g/mol. The van der Waals surface area contributed by atoms with Gasteiger partial charge in [0.15, 0.2) is 0 Å². The molecule has 2 aromatic carbocycles. The summed E-state index contributed by atoms with van der Waals surface area (Å²) in [5.74, 6) is -0.0901. The predicted octanol–water partition coefficient (Wildman–Crippen LogP) is 3.51. The van der Waals surface area contributed by atoms with Gasteiger partial charge in [-0.15, -0.1) is 0 Å². The number of nitro groups is 1. The van der Waals surface area contributed by atoms with Gasteiger partial charge in [0, 0.05) is 42.5 Å². The molecule has 8 heteroatoms. The summed E-state index contributed by atoms with van der Waals surface area (Å²) in [5, 5.41) is 17.6. The number of nitrogens with one attached hydrogen (secondary N) is 1. The third-order valence-corrected chi connectivity index (χ3v) is 5.15. The van der Waals surface area contributed by atoms with E-state index in [4.69, 9.17) is 0 Å². The van der Waals surface area contributed by atoms with E-state index in [-0.39, 0.29) is 18.0 Å². The summed E-state index contributed by atoms with van der Waals surface area (Å²) in [6.07, 6.45) is 5.39. The van der Waals surface area contributed by atoms with Crippen LogP contribution >= 0.6 is 0 Å². The highest BCUT2D eigenvalue weighted by atomic mass is 16.6. The van der Waals surface area contributed by atoms with Crippen molar-refractivity contribution >= 4 is 11.6 Å². The number of amides is 1. The number of carbonyl (C=O) groups is 1. The summed E-state index contributed by atoms with van der Waals surface area (Å²) in [5.41, 5.74) is 6.02. The number of rotatable bonds is 6. The fourth-order valence-corrected chi connectivity index (χ4v) is 3.63. The molecule has 2 heterocycles. The fraction of sp³-hybridized carbons (Fsp3) is 0.273. The first-order valence-electron chi connectivity index (χ1n) is 10.0. The molecule has 30 heavy (non-hydrogen) atoms. The molecule has 1 N–H and O–H groups in total. The Hall–Kier alpha value is -3.52. The minimum atomic E-state index is -0.431. The van der Waals surface area contributed by atoms with Gasteiger partial charge in [-0.1, -0.05) is 24.6 Å². The van der Waals surface area contributed by atoms with Gasteiger partial charge in [-0.05, 0) is 37.1 Å². The number of benzene rings is 2. The molecule has 1 saturated heterocycles. The van der Waals surface area contributed by atoms with E-state index in [0.717, 1.165) is 42.7 Å². The number of para-hydroxylation sites is 1. The lowest BCUT2D eigenvalue weighted by molar-refractivity contribution is -0.384. The molecule has 0 saturated carbocycles. The van der Waals surface area contributed by atoms with Crippen molar-refractivity contribution in [3.63, 3.8) is 0 Å². The molecule has 0 spiro atoms. The number of piperidine rings is 1. The molecule has 4 rings (SSSR count). The van der Waals surface area contributed by atoms with Crippen LogP contribution in [0.2, 0.25) is 0 Å². The lowest BCUT2D eigenvalue weighted by Gasteiger charge is -2.26. The summed E-state index contributed by atoms with van der Waals surface area (Å²) in [7, 11) is 0. The van der Waals surface area contributed by atoms with Crippen molar-refractivity contribution in [2.24, 2.45) is 0 Å². The average Bonchev–Trinajstić information content (AvgIpc) is 3.18. The van der Waals surface area contributed by atoms with Crippen LogP contribution < -0.4 is 5.43 Å². The van der Waals surface area contributed by atoms with Crippen molar-refractivity contribution in [2.75, 3.05) is 13.1 Å². The summed E-state index contributed by atoms with van der Waals surface area (Å²) in [6.45, 7) is 1.73. The molecule has 1 aromatic heterocycles. The van der Waals surface area contributed by atoms with Crippen LogP contribution in [0.5, 0.6) is 0 Å². The van der Waals surface area contributed by atoms with E-state index < -0.39 is 4.92 Å². The van der Waals surface area contributed by atoms with E-state index in [0.29, 0.717) is 5.69 Å². The third kappa shape index (κ3) is 4.55. The molecule has 0 unspecified atom stereocenters.